The van der Waals surface area contributed by atoms with E-state index in [-0.39, 0.29) is 0 Å². The SMILES string of the molecule is CO.[CH]1CC1. The molecule has 0 saturated heterocycles. The van der Waals surface area contributed by atoms with E-state index in [4.69, 9.17) is 5.11 Å². The predicted molar refractivity (Wildman–Crippen MR) is 21.7 cm³/mol. The molecule has 0 bridgehead atoms. The van der Waals surface area contributed by atoms with Crippen LogP contribution in [0.5, 0.6) is 0 Å². The van der Waals surface area contributed by atoms with Crippen molar-refractivity contribution >= 4 is 0 Å². The molecule has 0 heterocycles. The number of aliphatic hydroxyl groups excluding tert-OH is 1. The van der Waals surface area contributed by atoms with Gasteiger partial charge in [0.2, 0.25) is 0 Å². The van der Waals surface area contributed by atoms with Gasteiger partial charge in [-0.2, -0.15) is 0 Å². The summed E-state index contributed by atoms with van der Waals surface area (Å²) in [5, 5.41) is 7.00. The Kier molecular flexibility index (Phi) is 3.93. The molecule has 1 saturated carbocycles. The molecule has 0 spiro atoms. The standard InChI is InChI=1S/C3H5.CH4O/c1-2-3-1;1-2/h1H,2-3H2;2H,1H3. The molecule has 1 nitrogen and oxygen atoms in total. The highest BCUT2D eigenvalue weighted by Gasteiger charge is 1.95. The first-order valence-corrected chi connectivity index (χ1v) is 1.76. The van der Waals surface area contributed by atoms with Gasteiger partial charge in [0.05, 0.1) is 0 Å². The van der Waals surface area contributed by atoms with Crippen molar-refractivity contribution in [2.24, 2.45) is 0 Å². The molecule has 0 unspecified atom stereocenters. The van der Waals surface area contributed by atoms with Crippen LogP contribution in [0.4, 0.5) is 0 Å². The molecule has 0 aliphatic heterocycles. The first-order chi connectivity index (χ1) is 2.50. The number of hydrogen-bond acceptors (Lipinski definition) is 1. The Labute approximate surface area is 32.6 Å². The number of rotatable bonds is 0. The molecule has 0 aromatic heterocycles. The van der Waals surface area contributed by atoms with Crippen molar-refractivity contribution in [2.45, 2.75) is 12.8 Å². The van der Waals surface area contributed by atoms with Gasteiger partial charge in [0.15, 0.2) is 0 Å². The van der Waals surface area contributed by atoms with E-state index in [1.807, 2.05) is 0 Å². The first kappa shape index (κ1) is 4.96. The van der Waals surface area contributed by atoms with Crippen LogP contribution < -0.4 is 0 Å². The molecule has 1 aliphatic carbocycles. The van der Waals surface area contributed by atoms with Gasteiger partial charge in [-0.1, -0.05) is 0 Å². The van der Waals surface area contributed by atoms with Crippen LogP contribution in [0.2, 0.25) is 0 Å². The van der Waals surface area contributed by atoms with Crippen molar-refractivity contribution in [1.29, 1.82) is 0 Å². The van der Waals surface area contributed by atoms with Crippen LogP contribution in [0.25, 0.3) is 0 Å². The summed E-state index contributed by atoms with van der Waals surface area (Å²) < 4.78 is 0. The fraction of sp³-hybridized carbons (Fsp3) is 0.750. The third kappa shape index (κ3) is 16.5. The molecular weight excluding hydrogens is 64.0 g/mol. The van der Waals surface area contributed by atoms with E-state index in [9.17, 15) is 0 Å². The van der Waals surface area contributed by atoms with Gasteiger partial charge in [0.25, 0.3) is 0 Å². The second-order valence-corrected chi connectivity index (χ2v) is 0.866. The van der Waals surface area contributed by atoms with Gasteiger partial charge >= 0.3 is 0 Å². The average Bonchev–Trinajstić information content (AvgIpc) is 2.19. The molecule has 0 atom stereocenters. The van der Waals surface area contributed by atoms with Crippen molar-refractivity contribution in [1.82, 2.24) is 0 Å². The normalized spacial score (nSPS) is 15.6. The molecule has 1 radical (unpaired) electrons. The van der Waals surface area contributed by atoms with Gasteiger partial charge in [-0.3, -0.25) is 0 Å². The Bertz CT molecular complexity index is 8.36. The summed E-state index contributed by atoms with van der Waals surface area (Å²) in [6, 6.07) is 0. The molecule has 0 aromatic carbocycles. The maximum absolute atomic E-state index is 7.00. The molecule has 1 fully saturated rings. The lowest BCUT2D eigenvalue weighted by molar-refractivity contribution is 0.399. The van der Waals surface area contributed by atoms with Crippen LogP contribution in [-0.2, 0) is 0 Å². The summed E-state index contributed by atoms with van der Waals surface area (Å²) in [4.78, 5) is 0. The first-order valence-electron chi connectivity index (χ1n) is 1.76. The number of hydrogen-bond donors (Lipinski definition) is 1. The van der Waals surface area contributed by atoms with Crippen LogP contribution in [0.1, 0.15) is 12.8 Å². The van der Waals surface area contributed by atoms with E-state index in [0.717, 1.165) is 7.11 Å². The van der Waals surface area contributed by atoms with E-state index < -0.39 is 0 Å². The zero-order valence-corrected chi connectivity index (χ0v) is 3.44. The van der Waals surface area contributed by atoms with Gasteiger partial charge in [0.1, 0.15) is 0 Å². The highest BCUT2D eigenvalue weighted by molar-refractivity contribution is 4.79. The molecule has 5 heavy (non-hydrogen) atoms. The van der Waals surface area contributed by atoms with Crippen molar-refractivity contribution in [3.63, 3.8) is 0 Å². The lowest BCUT2D eigenvalue weighted by Gasteiger charge is -1.21. The molecule has 1 rings (SSSR count). The Morgan fingerprint density at radius 2 is 1.60 bits per heavy atom. The van der Waals surface area contributed by atoms with Crippen LogP contribution in [0.15, 0.2) is 0 Å². The largest absolute Gasteiger partial charge is 0.400 e. The van der Waals surface area contributed by atoms with E-state index in [2.05, 4.69) is 6.42 Å². The topological polar surface area (TPSA) is 20.2 Å². The summed E-state index contributed by atoms with van der Waals surface area (Å²) in [7, 11) is 1.00. The van der Waals surface area contributed by atoms with Gasteiger partial charge in [-0.15, -0.1) is 0 Å². The number of aliphatic hydroxyl groups is 1. The molecule has 31 valence electrons. The summed E-state index contributed by atoms with van der Waals surface area (Å²) in [5.74, 6) is 0. The van der Waals surface area contributed by atoms with E-state index in [0.29, 0.717) is 0 Å². The average molecular weight is 73.1 g/mol. The van der Waals surface area contributed by atoms with Gasteiger partial charge in [0, 0.05) is 7.11 Å². The molecule has 0 amide bonds. The summed E-state index contributed by atoms with van der Waals surface area (Å²) in [5.41, 5.74) is 0. The van der Waals surface area contributed by atoms with Crippen LogP contribution in [-0.4, -0.2) is 12.2 Å². The summed E-state index contributed by atoms with van der Waals surface area (Å²) in [6.45, 7) is 0. The Morgan fingerprint density at radius 1 is 1.40 bits per heavy atom. The Balaban J connectivity index is 0.0000000733. The molecule has 0 aromatic rings. The quantitative estimate of drug-likeness (QED) is 0.445. The molecular formula is C4H9O. The molecule has 1 heteroatoms. The predicted octanol–water partition coefficient (Wildman–Crippen LogP) is 0.593. The van der Waals surface area contributed by atoms with Crippen molar-refractivity contribution in [3.05, 3.63) is 6.42 Å². The summed E-state index contributed by atoms with van der Waals surface area (Å²) >= 11 is 0. The fourth-order valence-corrected chi connectivity index (χ4v) is 0. The Morgan fingerprint density at radius 3 is 1.60 bits per heavy atom. The zero-order valence-electron chi connectivity index (χ0n) is 3.44. The maximum Gasteiger partial charge on any atom is 0.0319 e. The van der Waals surface area contributed by atoms with E-state index >= 15 is 0 Å². The lowest BCUT2D eigenvalue weighted by Crippen LogP contribution is -1.25. The lowest BCUT2D eigenvalue weighted by atomic mass is 11.0. The minimum Gasteiger partial charge on any atom is -0.400 e. The second-order valence-electron chi connectivity index (χ2n) is 0.866. The molecule has 1 N–H and O–H groups in total. The fourth-order valence-electron chi connectivity index (χ4n) is 0. The third-order valence-electron chi connectivity index (χ3n) is 0.289. The van der Waals surface area contributed by atoms with Gasteiger partial charge < -0.3 is 5.11 Å². The van der Waals surface area contributed by atoms with Crippen molar-refractivity contribution in [2.75, 3.05) is 7.11 Å². The summed E-state index contributed by atoms with van der Waals surface area (Å²) in [6.07, 6.45) is 5.00. The van der Waals surface area contributed by atoms with Gasteiger partial charge in [-0.25, -0.2) is 0 Å². The highest BCUT2D eigenvalue weighted by atomic mass is 16.2. The van der Waals surface area contributed by atoms with E-state index in [1.54, 1.807) is 0 Å². The van der Waals surface area contributed by atoms with Crippen molar-refractivity contribution in [3.8, 4) is 0 Å². The third-order valence-corrected chi connectivity index (χ3v) is 0.289. The Hall–Kier alpha value is -0.0400. The minimum atomic E-state index is 1.00. The second kappa shape index (κ2) is 3.96. The van der Waals surface area contributed by atoms with Crippen LogP contribution in [0.3, 0.4) is 0 Å². The smallest absolute Gasteiger partial charge is 0.0319 e. The maximum atomic E-state index is 7.00. The minimum absolute atomic E-state index is 1.00. The zero-order chi connectivity index (χ0) is 4.12. The molecule has 1 aliphatic rings. The van der Waals surface area contributed by atoms with Crippen LogP contribution >= 0.6 is 0 Å². The van der Waals surface area contributed by atoms with E-state index in [1.165, 1.54) is 12.8 Å². The van der Waals surface area contributed by atoms with Crippen LogP contribution in [0, 0.1) is 6.42 Å². The monoisotopic (exact) mass is 73.1 g/mol. The highest BCUT2D eigenvalue weighted by Crippen LogP contribution is 2.12. The van der Waals surface area contributed by atoms with Crippen molar-refractivity contribution < 1.29 is 5.11 Å². The van der Waals surface area contributed by atoms with Gasteiger partial charge in [-0.05, 0) is 19.3 Å².